The van der Waals surface area contributed by atoms with Gasteiger partial charge in [-0.3, -0.25) is 9.59 Å². The number of hydrogen-bond acceptors (Lipinski definition) is 3. The minimum atomic E-state index is -0.524. The summed E-state index contributed by atoms with van der Waals surface area (Å²) < 4.78 is 12.8. The van der Waals surface area contributed by atoms with Crippen molar-refractivity contribution in [3.05, 3.63) is 34.6 Å². The minimum Gasteiger partial charge on any atom is -0.394 e. The Kier molecular flexibility index (Phi) is 6.41. The maximum Gasteiger partial charge on any atom is 0.252 e. The van der Waals surface area contributed by atoms with Crippen LogP contribution in [0.4, 0.5) is 4.39 Å². The van der Waals surface area contributed by atoms with Crippen LogP contribution in [-0.4, -0.2) is 36.1 Å². The molecule has 0 spiro atoms. The summed E-state index contributed by atoms with van der Waals surface area (Å²) in [5.74, 6) is -1.28. The number of rotatable bonds is 6. The summed E-state index contributed by atoms with van der Waals surface area (Å²) in [7, 11) is 0. The lowest BCUT2D eigenvalue weighted by Crippen LogP contribution is -2.37. The Bertz CT molecular complexity index is 497. The predicted molar refractivity (Wildman–Crippen MR) is 73.1 cm³/mol. The number of aliphatic hydroxyl groups excluding tert-OH is 1. The van der Waals surface area contributed by atoms with Gasteiger partial charge in [0.15, 0.2) is 0 Å². The number of amides is 2. The van der Waals surface area contributed by atoms with Gasteiger partial charge in [0.05, 0.1) is 17.2 Å². The van der Waals surface area contributed by atoms with Crippen LogP contribution in [0.2, 0.25) is 5.02 Å². The second-order valence-corrected chi connectivity index (χ2v) is 4.69. The van der Waals surface area contributed by atoms with Crippen molar-refractivity contribution in [1.82, 2.24) is 10.6 Å². The Morgan fingerprint density at radius 3 is 2.75 bits per heavy atom. The molecule has 7 heteroatoms. The molecular weight excluding hydrogens is 287 g/mol. The first kappa shape index (κ1) is 16.4. The second kappa shape index (κ2) is 7.81. The largest absolute Gasteiger partial charge is 0.394 e. The third-order valence-corrected chi connectivity index (χ3v) is 2.81. The van der Waals surface area contributed by atoms with Crippen molar-refractivity contribution in [2.75, 3.05) is 13.2 Å². The van der Waals surface area contributed by atoms with Crippen LogP contribution in [0.25, 0.3) is 0 Å². The molecule has 0 bridgehead atoms. The number of carbonyl (C=O) groups is 2. The quantitative estimate of drug-likeness (QED) is 0.736. The van der Waals surface area contributed by atoms with Crippen LogP contribution < -0.4 is 10.6 Å². The number of hydrogen-bond donors (Lipinski definition) is 3. The highest BCUT2D eigenvalue weighted by Crippen LogP contribution is 2.16. The number of aliphatic hydroxyl groups is 1. The normalized spacial score (nSPS) is 11.8. The highest BCUT2D eigenvalue weighted by Gasteiger charge is 2.11. The number of benzene rings is 1. The molecule has 0 fully saturated rings. The van der Waals surface area contributed by atoms with E-state index in [0.717, 1.165) is 12.1 Å². The highest BCUT2D eigenvalue weighted by atomic mass is 35.5. The SMILES string of the molecule is CC(CO)NC(=O)CCNC(=O)c1ccc(F)cc1Cl. The molecule has 0 radical (unpaired) electrons. The molecular formula is C13H16ClFN2O3. The highest BCUT2D eigenvalue weighted by molar-refractivity contribution is 6.33. The van der Waals surface area contributed by atoms with E-state index in [1.165, 1.54) is 6.07 Å². The topological polar surface area (TPSA) is 78.4 Å². The average molecular weight is 303 g/mol. The molecule has 20 heavy (non-hydrogen) atoms. The average Bonchev–Trinajstić information content (AvgIpc) is 2.38. The first-order valence-corrected chi connectivity index (χ1v) is 6.45. The fraction of sp³-hybridized carbons (Fsp3) is 0.385. The van der Waals surface area contributed by atoms with Crippen molar-refractivity contribution in [2.45, 2.75) is 19.4 Å². The maximum atomic E-state index is 12.8. The molecule has 0 saturated heterocycles. The summed E-state index contributed by atoms with van der Waals surface area (Å²) >= 11 is 5.75. The van der Waals surface area contributed by atoms with Crippen LogP contribution in [0.5, 0.6) is 0 Å². The summed E-state index contributed by atoms with van der Waals surface area (Å²) in [6.07, 6.45) is 0.0783. The van der Waals surface area contributed by atoms with E-state index in [1.54, 1.807) is 6.92 Å². The zero-order chi connectivity index (χ0) is 15.1. The number of halogens is 2. The van der Waals surface area contributed by atoms with Crippen molar-refractivity contribution in [3.8, 4) is 0 Å². The monoisotopic (exact) mass is 302 g/mol. The van der Waals surface area contributed by atoms with Crippen LogP contribution >= 0.6 is 11.6 Å². The molecule has 110 valence electrons. The summed E-state index contributed by atoms with van der Waals surface area (Å²) in [4.78, 5) is 23.1. The van der Waals surface area contributed by atoms with Gasteiger partial charge in [-0.25, -0.2) is 4.39 Å². The van der Waals surface area contributed by atoms with E-state index in [2.05, 4.69) is 10.6 Å². The summed E-state index contributed by atoms with van der Waals surface area (Å²) in [6, 6.07) is 3.13. The molecule has 0 saturated carbocycles. The Morgan fingerprint density at radius 1 is 1.45 bits per heavy atom. The molecule has 2 amide bonds. The van der Waals surface area contributed by atoms with Gasteiger partial charge < -0.3 is 15.7 Å². The van der Waals surface area contributed by atoms with E-state index >= 15 is 0 Å². The van der Waals surface area contributed by atoms with E-state index < -0.39 is 11.7 Å². The summed E-state index contributed by atoms with van der Waals surface area (Å²) in [5, 5.41) is 13.8. The van der Waals surface area contributed by atoms with Crippen LogP contribution in [0.3, 0.4) is 0 Å². The zero-order valence-corrected chi connectivity index (χ0v) is 11.7. The van der Waals surface area contributed by atoms with Crippen molar-refractivity contribution >= 4 is 23.4 Å². The molecule has 1 unspecified atom stereocenters. The van der Waals surface area contributed by atoms with Gasteiger partial charge in [0.2, 0.25) is 5.91 Å². The molecule has 0 aliphatic heterocycles. The number of carbonyl (C=O) groups excluding carboxylic acids is 2. The van der Waals surface area contributed by atoms with Gasteiger partial charge in [-0.05, 0) is 25.1 Å². The fourth-order valence-corrected chi connectivity index (χ4v) is 1.70. The van der Waals surface area contributed by atoms with E-state index in [-0.39, 0.29) is 42.1 Å². The third-order valence-electron chi connectivity index (χ3n) is 2.49. The smallest absolute Gasteiger partial charge is 0.252 e. The lowest BCUT2D eigenvalue weighted by Gasteiger charge is -2.11. The number of nitrogens with one attached hydrogen (secondary N) is 2. The Morgan fingerprint density at radius 2 is 2.15 bits per heavy atom. The molecule has 0 aromatic heterocycles. The lowest BCUT2D eigenvalue weighted by atomic mass is 10.2. The second-order valence-electron chi connectivity index (χ2n) is 4.28. The van der Waals surface area contributed by atoms with E-state index in [4.69, 9.17) is 16.7 Å². The van der Waals surface area contributed by atoms with Crippen molar-refractivity contribution < 1.29 is 19.1 Å². The molecule has 3 N–H and O–H groups in total. The first-order chi connectivity index (χ1) is 9.43. The Hall–Kier alpha value is -1.66. The van der Waals surface area contributed by atoms with Gasteiger partial charge >= 0.3 is 0 Å². The van der Waals surface area contributed by atoms with Crippen LogP contribution in [0.15, 0.2) is 18.2 Å². The van der Waals surface area contributed by atoms with Crippen molar-refractivity contribution in [2.24, 2.45) is 0 Å². The summed E-state index contributed by atoms with van der Waals surface area (Å²) in [6.45, 7) is 1.63. The standard InChI is InChI=1S/C13H16ClFN2O3/c1-8(7-18)17-12(19)4-5-16-13(20)10-3-2-9(15)6-11(10)14/h2-3,6,8,18H,4-5,7H2,1H3,(H,16,20)(H,17,19). The molecule has 1 aromatic carbocycles. The van der Waals surface area contributed by atoms with Gasteiger partial charge in [0, 0.05) is 19.0 Å². The molecule has 0 aliphatic rings. The minimum absolute atomic E-state index is 0.0147. The van der Waals surface area contributed by atoms with Gasteiger partial charge in [-0.15, -0.1) is 0 Å². The van der Waals surface area contributed by atoms with Gasteiger partial charge in [0.1, 0.15) is 5.82 Å². The first-order valence-electron chi connectivity index (χ1n) is 6.07. The molecule has 5 nitrogen and oxygen atoms in total. The van der Waals surface area contributed by atoms with Crippen molar-refractivity contribution in [1.29, 1.82) is 0 Å². The van der Waals surface area contributed by atoms with Crippen LogP contribution in [-0.2, 0) is 4.79 Å². The van der Waals surface area contributed by atoms with Gasteiger partial charge in [-0.1, -0.05) is 11.6 Å². The maximum absolute atomic E-state index is 12.8. The molecule has 1 rings (SSSR count). The summed E-state index contributed by atoms with van der Waals surface area (Å²) in [5.41, 5.74) is 0.150. The predicted octanol–water partition coefficient (Wildman–Crippen LogP) is 1.10. The van der Waals surface area contributed by atoms with Crippen molar-refractivity contribution in [3.63, 3.8) is 0 Å². The zero-order valence-electron chi connectivity index (χ0n) is 11.0. The molecule has 0 aliphatic carbocycles. The fourth-order valence-electron chi connectivity index (χ4n) is 1.45. The van der Waals surface area contributed by atoms with Gasteiger partial charge in [-0.2, -0.15) is 0 Å². The Labute approximate surface area is 121 Å². The van der Waals surface area contributed by atoms with Gasteiger partial charge in [0.25, 0.3) is 5.91 Å². The van der Waals surface area contributed by atoms with Crippen LogP contribution in [0, 0.1) is 5.82 Å². The van der Waals surface area contributed by atoms with E-state index in [9.17, 15) is 14.0 Å². The molecule has 1 atom stereocenters. The van der Waals surface area contributed by atoms with E-state index in [1.807, 2.05) is 0 Å². The van der Waals surface area contributed by atoms with Crippen LogP contribution in [0.1, 0.15) is 23.7 Å². The molecule has 0 heterocycles. The molecule has 1 aromatic rings. The van der Waals surface area contributed by atoms with E-state index in [0.29, 0.717) is 0 Å². The Balaban J connectivity index is 2.42. The lowest BCUT2D eigenvalue weighted by molar-refractivity contribution is -0.121. The third kappa shape index (κ3) is 5.14.